The van der Waals surface area contributed by atoms with E-state index < -0.39 is 9.85 Å². The molecule has 0 unspecified atom stereocenters. The van der Waals surface area contributed by atoms with Gasteiger partial charge in [-0.3, -0.25) is 20.2 Å². The average Bonchev–Trinajstić information content (AvgIpc) is 2.67. The summed E-state index contributed by atoms with van der Waals surface area (Å²) in [5.41, 5.74) is 1.24. The first kappa shape index (κ1) is 15.8. The number of benzene rings is 3. The van der Waals surface area contributed by atoms with Crippen molar-refractivity contribution in [2.45, 2.75) is 6.42 Å². The van der Waals surface area contributed by atoms with E-state index in [1.165, 1.54) is 18.4 Å². The van der Waals surface area contributed by atoms with Crippen molar-refractivity contribution in [1.29, 1.82) is 0 Å². The molecule has 0 aromatic heterocycles. The third-order valence-corrected chi connectivity index (χ3v) is 4.43. The van der Waals surface area contributed by atoms with E-state index in [-0.39, 0.29) is 11.4 Å². The van der Waals surface area contributed by atoms with Crippen molar-refractivity contribution >= 4 is 27.7 Å². The van der Waals surface area contributed by atoms with E-state index in [1.54, 1.807) is 0 Å². The van der Waals surface area contributed by atoms with E-state index in [2.05, 4.69) is 0 Å². The highest BCUT2D eigenvalue weighted by atomic mass is 16.6. The molecule has 1 aliphatic heterocycles. The zero-order valence-corrected chi connectivity index (χ0v) is 13.4. The van der Waals surface area contributed by atoms with Crippen molar-refractivity contribution < 1.29 is 14.6 Å². The Hall–Kier alpha value is -3.74. The molecule has 1 heterocycles. The maximum atomic E-state index is 11.4. The molecular weight excluding hydrogens is 336 g/mol. The molecular formula is C19H12N2O5. The second-order valence-electron chi connectivity index (χ2n) is 5.92. The number of nitrogens with zero attached hydrogens (tertiary/aromatic N) is 2. The van der Waals surface area contributed by atoms with Crippen LogP contribution in [0.4, 0.5) is 11.4 Å². The van der Waals surface area contributed by atoms with Crippen molar-refractivity contribution in [3.05, 3.63) is 92.2 Å². The largest absolute Gasteiger partial charge is 0.464 e. The smallest absolute Gasteiger partial charge is 0.283 e. The Morgan fingerprint density at radius 3 is 2.50 bits per heavy atom. The minimum absolute atomic E-state index is 0.308. The van der Waals surface area contributed by atoms with Crippen molar-refractivity contribution in [3.63, 3.8) is 0 Å². The van der Waals surface area contributed by atoms with Crippen molar-refractivity contribution in [1.82, 2.24) is 0 Å². The van der Waals surface area contributed by atoms with Gasteiger partial charge in [-0.1, -0.05) is 30.3 Å². The highest BCUT2D eigenvalue weighted by Gasteiger charge is 2.25. The lowest BCUT2D eigenvalue weighted by Gasteiger charge is -2.19. The topological polar surface area (TPSA) is 95.5 Å². The summed E-state index contributed by atoms with van der Waals surface area (Å²) in [6.45, 7) is 0. The number of rotatable bonds is 3. The molecule has 1 aliphatic rings. The summed E-state index contributed by atoms with van der Waals surface area (Å²) in [6, 6.07) is 15.3. The molecule has 0 aliphatic carbocycles. The molecule has 0 amide bonds. The van der Waals surface area contributed by atoms with Gasteiger partial charge in [0.1, 0.15) is 5.75 Å². The number of hydrogen-bond acceptors (Lipinski definition) is 5. The summed E-state index contributed by atoms with van der Waals surface area (Å²) in [4.78, 5) is 21.1. The monoisotopic (exact) mass is 348 g/mol. The van der Waals surface area contributed by atoms with E-state index in [0.717, 1.165) is 22.4 Å². The van der Waals surface area contributed by atoms with Gasteiger partial charge in [-0.05, 0) is 22.9 Å². The maximum Gasteiger partial charge on any atom is 0.283 e. The van der Waals surface area contributed by atoms with Crippen LogP contribution in [0.5, 0.6) is 5.75 Å². The van der Waals surface area contributed by atoms with Gasteiger partial charge in [-0.2, -0.15) is 0 Å². The van der Waals surface area contributed by atoms with E-state index >= 15 is 0 Å². The molecule has 0 spiro atoms. The molecule has 3 aromatic rings. The third-order valence-electron chi connectivity index (χ3n) is 4.43. The molecule has 0 saturated heterocycles. The second-order valence-corrected chi connectivity index (χ2v) is 5.92. The summed E-state index contributed by atoms with van der Waals surface area (Å²) in [5, 5.41) is 24.4. The fourth-order valence-corrected chi connectivity index (χ4v) is 3.19. The Labute approximate surface area is 147 Å². The molecule has 128 valence electrons. The fourth-order valence-electron chi connectivity index (χ4n) is 3.19. The molecule has 4 rings (SSSR count). The van der Waals surface area contributed by atoms with Crippen molar-refractivity contribution in [3.8, 4) is 5.75 Å². The quantitative estimate of drug-likeness (QED) is 0.508. The van der Waals surface area contributed by atoms with Crippen LogP contribution in [0, 0.1) is 20.2 Å². The average molecular weight is 348 g/mol. The summed E-state index contributed by atoms with van der Waals surface area (Å²) in [5.74, 6) is 0.706. The van der Waals surface area contributed by atoms with Crippen LogP contribution in [-0.4, -0.2) is 9.85 Å². The van der Waals surface area contributed by atoms with Crippen LogP contribution in [0.2, 0.25) is 0 Å². The Kier molecular flexibility index (Phi) is 3.62. The Bertz CT molecular complexity index is 1100. The number of nitro groups is 2. The molecule has 0 saturated carbocycles. The molecule has 0 N–H and O–H groups in total. The van der Waals surface area contributed by atoms with E-state index in [4.69, 9.17) is 4.74 Å². The lowest BCUT2D eigenvalue weighted by Crippen LogP contribution is -2.05. The van der Waals surface area contributed by atoms with Crippen LogP contribution in [-0.2, 0) is 6.42 Å². The molecule has 0 atom stereocenters. The fraction of sp³-hybridized carbons (Fsp3) is 0.0526. The summed E-state index contributed by atoms with van der Waals surface area (Å²) < 4.78 is 5.69. The highest BCUT2D eigenvalue weighted by Crippen LogP contribution is 2.39. The predicted molar refractivity (Wildman–Crippen MR) is 96.0 cm³/mol. The number of ether oxygens (including phenoxy) is 1. The number of fused-ring (bicyclic) bond motifs is 3. The van der Waals surface area contributed by atoms with Gasteiger partial charge in [-0.15, -0.1) is 0 Å². The van der Waals surface area contributed by atoms with Crippen LogP contribution in [0.1, 0.15) is 11.1 Å². The maximum absolute atomic E-state index is 11.4. The minimum atomic E-state index is -0.647. The number of nitro benzene ring substituents is 2. The zero-order chi connectivity index (χ0) is 18.3. The standard InChI is InChI=1S/C19H12N2O5/c22-20(23)14-6-7-16(18(10-14)21(24)25)13-9-17-15-4-2-1-3-12(15)5-8-19(17)26-11-13/h1-8,10-11H,9H2. The Balaban J connectivity index is 1.82. The lowest BCUT2D eigenvalue weighted by molar-refractivity contribution is -0.394. The first-order valence-corrected chi connectivity index (χ1v) is 7.84. The molecule has 0 fully saturated rings. The number of allylic oxidation sites excluding steroid dienone is 1. The van der Waals surface area contributed by atoms with E-state index in [9.17, 15) is 20.2 Å². The van der Waals surface area contributed by atoms with Crippen LogP contribution < -0.4 is 4.74 Å². The summed E-state index contributed by atoms with van der Waals surface area (Å²) >= 11 is 0. The van der Waals surface area contributed by atoms with Crippen molar-refractivity contribution in [2.24, 2.45) is 0 Å². The Morgan fingerprint density at radius 2 is 1.73 bits per heavy atom. The number of non-ortho nitro benzene ring substituents is 1. The molecule has 26 heavy (non-hydrogen) atoms. The molecule has 7 heteroatoms. The van der Waals surface area contributed by atoms with Crippen LogP contribution in [0.25, 0.3) is 16.3 Å². The van der Waals surface area contributed by atoms with Gasteiger partial charge in [0.05, 0.1) is 27.7 Å². The van der Waals surface area contributed by atoms with Gasteiger partial charge in [0.15, 0.2) is 0 Å². The predicted octanol–water partition coefficient (Wildman–Crippen LogP) is 4.63. The molecule has 0 bridgehead atoms. The summed E-state index contributed by atoms with van der Waals surface area (Å²) in [6.07, 6.45) is 1.92. The first-order valence-electron chi connectivity index (χ1n) is 7.84. The normalized spacial score (nSPS) is 12.8. The van der Waals surface area contributed by atoms with Crippen LogP contribution >= 0.6 is 0 Å². The highest BCUT2D eigenvalue weighted by molar-refractivity contribution is 5.91. The van der Waals surface area contributed by atoms with Gasteiger partial charge < -0.3 is 4.74 Å². The van der Waals surface area contributed by atoms with Gasteiger partial charge in [0.25, 0.3) is 11.4 Å². The van der Waals surface area contributed by atoms with Gasteiger partial charge in [0, 0.05) is 23.6 Å². The van der Waals surface area contributed by atoms with E-state index in [0.29, 0.717) is 23.3 Å². The first-order chi connectivity index (χ1) is 12.5. The molecule has 7 nitrogen and oxygen atoms in total. The van der Waals surface area contributed by atoms with Crippen LogP contribution in [0.15, 0.2) is 60.9 Å². The van der Waals surface area contributed by atoms with Gasteiger partial charge >= 0.3 is 0 Å². The molecule has 3 aromatic carbocycles. The van der Waals surface area contributed by atoms with Crippen LogP contribution in [0.3, 0.4) is 0 Å². The number of hydrogen-bond donors (Lipinski definition) is 0. The van der Waals surface area contributed by atoms with Gasteiger partial charge in [-0.25, -0.2) is 0 Å². The zero-order valence-electron chi connectivity index (χ0n) is 13.4. The third kappa shape index (κ3) is 2.55. The second kappa shape index (κ2) is 5.96. The van der Waals surface area contributed by atoms with Crippen molar-refractivity contribution in [2.75, 3.05) is 0 Å². The minimum Gasteiger partial charge on any atom is -0.464 e. The summed E-state index contributed by atoms with van der Waals surface area (Å²) in [7, 11) is 0. The Morgan fingerprint density at radius 1 is 0.923 bits per heavy atom. The molecule has 0 radical (unpaired) electrons. The SMILES string of the molecule is O=[N+]([O-])c1ccc(C2=COc3ccc4ccccc4c3C2)c([N+](=O)[O-])c1. The lowest BCUT2D eigenvalue weighted by atomic mass is 9.92. The van der Waals surface area contributed by atoms with Gasteiger partial charge in [0.2, 0.25) is 0 Å². The van der Waals surface area contributed by atoms with E-state index in [1.807, 2.05) is 36.4 Å².